The number of carbonyl (C=O) groups excluding carboxylic acids is 2. The second-order valence-electron chi connectivity index (χ2n) is 14.4. The molecule has 6 aromatic rings. The molecular weight excluding hydrogens is 898 g/mol. The van der Waals surface area contributed by atoms with Crippen LogP contribution >= 0.6 is 15.9 Å². The predicted molar refractivity (Wildman–Crippen MR) is 204 cm³/mol. The van der Waals surface area contributed by atoms with Gasteiger partial charge >= 0.3 is 12.4 Å². The van der Waals surface area contributed by atoms with E-state index in [4.69, 9.17) is 0 Å². The van der Waals surface area contributed by atoms with E-state index in [1.54, 1.807) is 0 Å². The number of halogens is 11. The first-order valence-corrected chi connectivity index (χ1v) is 19.2. The lowest BCUT2D eigenvalue weighted by molar-refractivity contribution is -0.140. The molecule has 2 aliphatic heterocycles. The zero-order valence-electron chi connectivity index (χ0n) is 31.3. The van der Waals surface area contributed by atoms with Crippen LogP contribution in [-0.2, 0) is 35.0 Å². The van der Waals surface area contributed by atoms with E-state index in [1.165, 1.54) is 61.7 Å². The molecule has 2 aliphatic rings. The third kappa shape index (κ3) is 8.83. The summed E-state index contributed by atoms with van der Waals surface area (Å²) in [6.45, 7) is -0.182. The van der Waals surface area contributed by atoms with E-state index >= 15 is 0 Å². The maximum Gasteiger partial charge on any atom is 0.419 e. The van der Waals surface area contributed by atoms with Gasteiger partial charge in [0.2, 0.25) is 11.8 Å². The van der Waals surface area contributed by atoms with Gasteiger partial charge in [-0.3, -0.25) is 19.2 Å². The Morgan fingerprint density at radius 2 is 1.10 bits per heavy atom. The summed E-state index contributed by atoms with van der Waals surface area (Å²) in [6.07, 6.45) is -4.28. The first-order chi connectivity index (χ1) is 28.7. The maximum atomic E-state index is 13.7. The molecule has 0 bridgehead atoms. The zero-order chi connectivity index (χ0) is 44.1. The van der Waals surface area contributed by atoms with Gasteiger partial charge in [-0.15, -0.1) is 0 Å². The fraction of sp³-hybridized carbons (Fsp3) is 0.300. The van der Waals surface area contributed by atoms with E-state index < -0.39 is 70.4 Å². The molecule has 6 heterocycles. The van der Waals surface area contributed by atoms with Crippen LogP contribution < -0.4 is 11.1 Å². The smallest absolute Gasteiger partial charge is 0.338 e. The Morgan fingerprint density at radius 3 is 1.57 bits per heavy atom. The van der Waals surface area contributed by atoms with Crippen LogP contribution in [0.25, 0.3) is 33.3 Å². The molecule has 4 aromatic heterocycles. The summed E-state index contributed by atoms with van der Waals surface area (Å²) in [6, 6.07) is 7.90. The number of alkyl halides is 8. The van der Waals surface area contributed by atoms with Gasteiger partial charge in [0.1, 0.15) is 48.1 Å². The standard InChI is InChI=1S/C20H15BrF5N3O2.C20H16F5N3O2/c21-16-8-13(11-1-2-15(23)14(7-11)20(24,25)26)18-19(31)28(5-6-29(16)18)10-17(30)27-4-3-12(22)9-27;21-13-3-5-27(10-13)17(29)11-28-8-7-26-6-4-14(18(26)19(28)30)12-1-2-16(22)15(9-12)20(23,24)25/h1-2,5-8,12H,3-4,9-10H2;1-2,4,6-9,13H,3,5,10-11H2. The molecule has 10 nitrogen and oxygen atoms in total. The fourth-order valence-corrected chi connectivity index (χ4v) is 7.79. The molecule has 0 spiro atoms. The van der Waals surface area contributed by atoms with Crippen LogP contribution in [0.4, 0.5) is 43.9 Å². The highest BCUT2D eigenvalue weighted by molar-refractivity contribution is 9.10. The SMILES string of the molecule is O=C(Cn1ccn2c(Br)cc(-c3ccc(F)c(C(F)(F)F)c3)c2c1=O)N1CCC(F)C1.O=C(Cn1ccn2ccc(-c3ccc(F)c(C(F)(F)F)c3)c2c1=O)N1CCC(F)C1. The molecule has 0 N–H and O–H groups in total. The predicted octanol–water partition coefficient (Wildman–Crippen LogP) is 7.76. The number of aromatic nitrogens is 4. The number of amides is 2. The van der Waals surface area contributed by atoms with Gasteiger partial charge in [-0.1, -0.05) is 12.1 Å². The minimum absolute atomic E-state index is 0.00193. The number of carbonyl (C=O) groups is 2. The van der Waals surface area contributed by atoms with Gasteiger partial charge in [0.25, 0.3) is 11.1 Å². The normalized spacial score (nSPS) is 17.0. The van der Waals surface area contributed by atoms with Gasteiger partial charge < -0.3 is 27.7 Å². The van der Waals surface area contributed by atoms with E-state index in [2.05, 4.69) is 15.9 Å². The van der Waals surface area contributed by atoms with Crippen LogP contribution in [0.1, 0.15) is 24.0 Å². The Labute approximate surface area is 345 Å². The van der Waals surface area contributed by atoms with Gasteiger partial charge in [0.05, 0.1) is 28.8 Å². The number of likely N-dealkylation sites (tertiary alicyclic amines) is 2. The van der Waals surface area contributed by atoms with Gasteiger partial charge in [0.15, 0.2) is 0 Å². The molecule has 322 valence electrons. The number of hydrogen-bond acceptors (Lipinski definition) is 4. The average molecular weight is 930 g/mol. The van der Waals surface area contributed by atoms with E-state index in [-0.39, 0.29) is 85.4 Å². The first kappa shape index (κ1) is 43.2. The average Bonchev–Trinajstić information content (AvgIpc) is 4.00. The summed E-state index contributed by atoms with van der Waals surface area (Å²) in [4.78, 5) is 53.5. The van der Waals surface area contributed by atoms with Gasteiger partial charge in [-0.05, 0) is 76.3 Å². The topological polar surface area (TPSA) is 93.4 Å². The van der Waals surface area contributed by atoms with Gasteiger partial charge in [-0.25, -0.2) is 17.6 Å². The van der Waals surface area contributed by atoms with E-state index in [0.717, 1.165) is 21.3 Å². The van der Waals surface area contributed by atoms with E-state index in [1.807, 2.05) is 0 Å². The first-order valence-electron chi connectivity index (χ1n) is 18.4. The van der Waals surface area contributed by atoms with E-state index in [9.17, 15) is 63.1 Å². The highest BCUT2D eigenvalue weighted by Gasteiger charge is 2.36. The lowest BCUT2D eigenvalue weighted by atomic mass is 10.0. The fourth-order valence-electron chi connectivity index (χ4n) is 7.26. The molecular formula is C40H31BrF10N6O4. The van der Waals surface area contributed by atoms with E-state index in [0.29, 0.717) is 28.9 Å². The monoisotopic (exact) mass is 928 g/mol. The van der Waals surface area contributed by atoms with Crippen molar-refractivity contribution in [3.05, 3.63) is 128 Å². The van der Waals surface area contributed by atoms with Crippen molar-refractivity contribution in [1.82, 2.24) is 27.7 Å². The largest absolute Gasteiger partial charge is 0.419 e. The van der Waals surface area contributed by atoms with Crippen LogP contribution in [0.15, 0.2) is 93.7 Å². The van der Waals surface area contributed by atoms with Crippen LogP contribution in [0.2, 0.25) is 0 Å². The van der Waals surface area contributed by atoms with Crippen molar-refractivity contribution in [3.63, 3.8) is 0 Å². The molecule has 8 rings (SSSR count). The summed E-state index contributed by atoms with van der Waals surface area (Å²) < 4.78 is 138. The molecule has 2 fully saturated rings. The third-order valence-electron chi connectivity index (χ3n) is 10.4. The van der Waals surface area contributed by atoms with Crippen molar-refractivity contribution in [1.29, 1.82) is 0 Å². The Hall–Kier alpha value is -5.86. The summed E-state index contributed by atoms with van der Waals surface area (Å²) in [5.74, 6) is -3.68. The Morgan fingerprint density at radius 1 is 0.623 bits per heavy atom. The Kier molecular flexibility index (Phi) is 11.7. The molecule has 2 amide bonds. The zero-order valence-corrected chi connectivity index (χ0v) is 32.9. The highest BCUT2D eigenvalue weighted by atomic mass is 79.9. The second kappa shape index (κ2) is 16.5. The van der Waals surface area contributed by atoms with Crippen molar-refractivity contribution in [3.8, 4) is 22.3 Å². The number of rotatable bonds is 6. The maximum absolute atomic E-state index is 13.7. The Balaban J connectivity index is 0.000000184. The van der Waals surface area contributed by atoms with Crippen molar-refractivity contribution >= 4 is 38.8 Å². The lowest BCUT2D eigenvalue weighted by Gasteiger charge is -2.16. The second-order valence-corrected chi connectivity index (χ2v) is 15.2. The molecule has 2 aromatic carbocycles. The third-order valence-corrected chi connectivity index (χ3v) is 11.0. The number of nitrogens with zero attached hydrogens (tertiary/aromatic N) is 6. The number of fused-ring (bicyclic) bond motifs is 2. The lowest BCUT2D eigenvalue weighted by Crippen LogP contribution is -2.35. The van der Waals surface area contributed by atoms with Gasteiger partial charge in [-0.2, -0.15) is 26.3 Å². The van der Waals surface area contributed by atoms with Crippen LogP contribution in [0.3, 0.4) is 0 Å². The summed E-state index contributed by atoms with van der Waals surface area (Å²) in [7, 11) is 0. The van der Waals surface area contributed by atoms with Gasteiger partial charge in [0, 0.05) is 55.2 Å². The molecule has 21 heteroatoms. The summed E-state index contributed by atoms with van der Waals surface area (Å²) in [5.41, 5.74) is -3.68. The minimum atomic E-state index is -4.90. The quantitative estimate of drug-likeness (QED) is 0.160. The molecule has 2 atom stereocenters. The summed E-state index contributed by atoms with van der Waals surface area (Å²) >= 11 is 3.26. The molecule has 61 heavy (non-hydrogen) atoms. The van der Waals surface area contributed by atoms with Crippen molar-refractivity contribution in [2.45, 2.75) is 50.6 Å². The molecule has 2 saturated heterocycles. The summed E-state index contributed by atoms with van der Waals surface area (Å²) in [5, 5.41) is 0. The van der Waals surface area contributed by atoms with Crippen LogP contribution in [0, 0.1) is 11.6 Å². The van der Waals surface area contributed by atoms with Crippen molar-refractivity contribution in [2.75, 3.05) is 26.2 Å². The molecule has 2 unspecified atom stereocenters. The van der Waals surface area contributed by atoms with Crippen LogP contribution in [0.5, 0.6) is 0 Å². The highest BCUT2D eigenvalue weighted by Crippen LogP contribution is 2.37. The minimum Gasteiger partial charge on any atom is -0.338 e. The van der Waals surface area contributed by atoms with Crippen LogP contribution in [-0.4, -0.2) is 78.1 Å². The molecule has 0 saturated carbocycles. The molecule has 0 aliphatic carbocycles. The number of benzene rings is 2. The van der Waals surface area contributed by atoms with Crippen molar-refractivity contribution in [2.24, 2.45) is 0 Å². The molecule has 0 radical (unpaired) electrons. The van der Waals surface area contributed by atoms with Crippen molar-refractivity contribution < 1.29 is 53.5 Å². The number of hydrogen-bond donors (Lipinski definition) is 0. The Bertz CT molecular complexity index is 2790.